The van der Waals surface area contributed by atoms with Gasteiger partial charge in [-0.2, -0.15) is 0 Å². The van der Waals surface area contributed by atoms with E-state index in [2.05, 4.69) is 55.5 Å². The molecule has 0 heterocycles. The van der Waals surface area contributed by atoms with E-state index in [0.29, 0.717) is 0 Å². The molecule has 100 valence electrons. The Bertz CT molecular complexity index is 410. The minimum absolute atomic E-state index is 0.0549. The van der Waals surface area contributed by atoms with E-state index in [0.717, 1.165) is 13.0 Å². The number of ether oxygens (including phenoxy) is 1. The Morgan fingerprint density at radius 1 is 0.789 bits per heavy atom. The predicted octanol–water partition coefficient (Wildman–Crippen LogP) is 4.98. The predicted molar refractivity (Wildman–Crippen MR) is 80.2 cm³/mol. The van der Waals surface area contributed by atoms with Crippen molar-refractivity contribution in [2.75, 3.05) is 6.61 Å². The van der Waals surface area contributed by atoms with Crippen LogP contribution >= 0.6 is 0 Å². The first-order chi connectivity index (χ1) is 9.42. The third-order valence-electron chi connectivity index (χ3n) is 3.24. The molecule has 0 amide bonds. The third kappa shape index (κ3) is 4.22. The molecule has 0 aromatic heterocycles. The number of rotatable bonds is 7. The molecule has 0 unspecified atom stereocenters. The second kappa shape index (κ2) is 7.75. The lowest BCUT2D eigenvalue weighted by Crippen LogP contribution is -2.07. The zero-order valence-electron chi connectivity index (χ0n) is 11.6. The van der Waals surface area contributed by atoms with Crippen LogP contribution < -0.4 is 0 Å². The van der Waals surface area contributed by atoms with Crippen molar-refractivity contribution in [2.24, 2.45) is 0 Å². The fraction of sp³-hybridized carbons (Fsp3) is 0.333. The van der Waals surface area contributed by atoms with E-state index >= 15 is 0 Å². The smallest absolute Gasteiger partial charge is 0.108 e. The number of unbranched alkanes of at least 4 members (excludes halogenated alkanes) is 2. The summed E-state index contributed by atoms with van der Waals surface area (Å²) in [4.78, 5) is 0. The van der Waals surface area contributed by atoms with Crippen LogP contribution in [0.1, 0.15) is 43.4 Å². The maximum atomic E-state index is 6.12. The Labute approximate surface area is 116 Å². The summed E-state index contributed by atoms with van der Waals surface area (Å²) in [5.41, 5.74) is 2.45. The van der Waals surface area contributed by atoms with Crippen LogP contribution in [0, 0.1) is 0 Å². The van der Waals surface area contributed by atoms with Gasteiger partial charge in [0.25, 0.3) is 0 Å². The van der Waals surface area contributed by atoms with Crippen LogP contribution in [0.15, 0.2) is 60.7 Å². The van der Waals surface area contributed by atoms with Gasteiger partial charge in [-0.25, -0.2) is 0 Å². The molecule has 1 nitrogen and oxygen atoms in total. The van der Waals surface area contributed by atoms with Crippen molar-refractivity contribution >= 4 is 0 Å². The Hall–Kier alpha value is -1.60. The molecule has 19 heavy (non-hydrogen) atoms. The van der Waals surface area contributed by atoms with Crippen LogP contribution in [0.25, 0.3) is 0 Å². The van der Waals surface area contributed by atoms with Gasteiger partial charge in [0.05, 0.1) is 0 Å². The largest absolute Gasteiger partial charge is 0.369 e. The van der Waals surface area contributed by atoms with Crippen molar-refractivity contribution in [1.29, 1.82) is 0 Å². The summed E-state index contributed by atoms with van der Waals surface area (Å²) in [7, 11) is 0. The van der Waals surface area contributed by atoms with E-state index in [1.165, 1.54) is 24.0 Å². The van der Waals surface area contributed by atoms with Crippen LogP contribution in [0.4, 0.5) is 0 Å². The van der Waals surface area contributed by atoms with Gasteiger partial charge in [-0.3, -0.25) is 0 Å². The van der Waals surface area contributed by atoms with Crippen molar-refractivity contribution in [3.63, 3.8) is 0 Å². The lowest BCUT2D eigenvalue weighted by atomic mass is 10.0. The lowest BCUT2D eigenvalue weighted by molar-refractivity contribution is 0.0771. The van der Waals surface area contributed by atoms with Gasteiger partial charge in [-0.05, 0) is 17.5 Å². The average Bonchev–Trinajstić information content (AvgIpc) is 2.49. The SMILES string of the molecule is CCCCCOC(c1ccccc1)c1ccccc1. The van der Waals surface area contributed by atoms with E-state index in [-0.39, 0.29) is 6.10 Å². The molecule has 0 saturated heterocycles. The molecule has 0 spiro atoms. The van der Waals surface area contributed by atoms with E-state index < -0.39 is 0 Å². The molecule has 2 aromatic rings. The lowest BCUT2D eigenvalue weighted by Gasteiger charge is -2.19. The van der Waals surface area contributed by atoms with E-state index in [1.807, 2.05) is 12.1 Å². The summed E-state index contributed by atoms with van der Waals surface area (Å²) in [6.45, 7) is 3.04. The minimum Gasteiger partial charge on any atom is -0.369 e. The number of benzene rings is 2. The summed E-state index contributed by atoms with van der Waals surface area (Å²) in [5, 5.41) is 0. The highest BCUT2D eigenvalue weighted by molar-refractivity contribution is 5.29. The first-order valence-electron chi connectivity index (χ1n) is 7.13. The molecule has 0 atom stereocenters. The monoisotopic (exact) mass is 254 g/mol. The number of hydrogen-bond acceptors (Lipinski definition) is 1. The van der Waals surface area contributed by atoms with Gasteiger partial charge in [0.2, 0.25) is 0 Å². The molecule has 2 rings (SSSR count). The molecule has 2 aromatic carbocycles. The standard InChI is InChI=1S/C18H22O/c1-2-3-10-15-19-18(16-11-6-4-7-12-16)17-13-8-5-9-14-17/h4-9,11-14,18H,2-3,10,15H2,1H3. The van der Waals surface area contributed by atoms with Gasteiger partial charge in [0.1, 0.15) is 6.10 Å². The minimum atomic E-state index is 0.0549. The summed E-state index contributed by atoms with van der Waals surface area (Å²) >= 11 is 0. The molecule has 0 aliphatic heterocycles. The topological polar surface area (TPSA) is 9.23 Å². The number of hydrogen-bond donors (Lipinski definition) is 0. The molecule has 0 N–H and O–H groups in total. The molecule has 1 heteroatoms. The zero-order chi connectivity index (χ0) is 13.3. The highest BCUT2D eigenvalue weighted by Crippen LogP contribution is 2.25. The van der Waals surface area contributed by atoms with E-state index in [1.54, 1.807) is 0 Å². The van der Waals surface area contributed by atoms with E-state index in [4.69, 9.17) is 4.74 Å². The third-order valence-corrected chi connectivity index (χ3v) is 3.24. The normalized spacial score (nSPS) is 10.8. The summed E-state index contributed by atoms with van der Waals surface area (Å²) in [5.74, 6) is 0. The Balaban J connectivity index is 2.10. The molecular formula is C18H22O. The van der Waals surface area contributed by atoms with Gasteiger partial charge in [0, 0.05) is 6.61 Å². The molecular weight excluding hydrogens is 232 g/mol. The Morgan fingerprint density at radius 3 is 1.79 bits per heavy atom. The first kappa shape index (κ1) is 13.8. The Kier molecular flexibility index (Phi) is 5.64. The second-order valence-electron chi connectivity index (χ2n) is 4.78. The van der Waals surface area contributed by atoms with Gasteiger partial charge in [0.15, 0.2) is 0 Å². The van der Waals surface area contributed by atoms with Crippen molar-refractivity contribution in [3.05, 3.63) is 71.8 Å². The van der Waals surface area contributed by atoms with Gasteiger partial charge in [-0.1, -0.05) is 80.4 Å². The molecule has 0 bridgehead atoms. The summed E-state index contributed by atoms with van der Waals surface area (Å²) in [6, 6.07) is 20.9. The summed E-state index contributed by atoms with van der Waals surface area (Å²) in [6.07, 6.45) is 3.65. The Morgan fingerprint density at radius 2 is 1.32 bits per heavy atom. The van der Waals surface area contributed by atoms with Crippen molar-refractivity contribution in [1.82, 2.24) is 0 Å². The molecule has 0 saturated carbocycles. The van der Waals surface area contributed by atoms with Crippen molar-refractivity contribution < 1.29 is 4.74 Å². The molecule has 0 radical (unpaired) electrons. The van der Waals surface area contributed by atoms with Crippen LogP contribution in [-0.4, -0.2) is 6.61 Å². The highest BCUT2D eigenvalue weighted by Gasteiger charge is 2.13. The average molecular weight is 254 g/mol. The highest BCUT2D eigenvalue weighted by atomic mass is 16.5. The van der Waals surface area contributed by atoms with Gasteiger partial charge in [-0.15, -0.1) is 0 Å². The van der Waals surface area contributed by atoms with Gasteiger partial charge < -0.3 is 4.74 Å². The van der Waals surface area contributed by atoms with Crippen LogP contribution in [-0.2, 0) is 4.74 Å². The fourth-order valence-electron chi connectivity index (χ4n) is 2.19. The maximum absolute atomic E-state index is 6.12. The summed E-state index contributed by atoms with van der Waals surface area (Å²) < 4.78 is 6.12. The second-order valence-corrected chi connectivity index (χ2v) is 4.78. The van der Waals surface area contributed by atoms with Crippen molar-refractivity contribution in [2.45, 2.75) is 32.3 Å². The van der Waals surface area contributed by atoms with Crippen molar-refractivity contribution in [3.8, 4) is 0 Å². The van der Waals surface area contributed by atoms with Crippen LogP contribution in [0.2, 0.25) is 0 Å². The molecule has 0 aliphatic rings. The van der Waals surface area contributed by atoms with Crippen LogP contribution in [0.3, 0.4) is 0 Å². The molecule has 0 fully saturated rings. The zero-order valence-corrected chi connectivity index (χ0v) is 11.6. The first-order valence-corrected chi connectivity index (χ1v) is 7.13. The quantitative estimate of drug-likeness (QED) is 0.633. The van der Waals surface area contributed by atoms with Crippen LogP contribution in [0.5, 0.6) is 0 Å². The van der Waals surface area contributed by atoms with E-state index in [9.17, 15) is 0 Å². The van der Waals surface area contributed by atoms with Gasteiger partial charge >= 0.3 is 0 Å². The fourth-order valence-corrected chi connectivity index (χ4v) is 2.19. The maximum Gasteiger partial charge on any atom is 0.108 e. The molecule has 0 aliphatic carbocycles.